The second-order valence-electron chi connectivity index (χ2n) is 16.3. The first-order valence-corrected chi connectivity index (χ1v) is 19.0. The molecule has 0 radical (unpaired) electrons. The van der Waals surface area contributed by atoms with E-state index in [0.717, 1.165) is 18.4 Å². The number of ether oxygens (including phenoxy) is 2. The van der Waals surface area contributed by atoms with Gasteiger partial charge >= 0.3 is 0 Å². The molecule has 1 saturated heterocycles. The van der Waals surface area contributed by atoms with Gasteiger partial charge in [-0.1, -0.05) is 53.2 Å². The zero-order valence-electron chi connectivity index (χ0n) is 34.3. The van der Waals surface area contributed by atoms with Crippen molar-refractivity contribution in [2.24, 2.45) is 23.2 Å². The highest BCUT2D eigenvalue weighted by Crippen LogP contribution is 2.30. The Bertz CT molecular complexity index is 1320. The van der Waals surface area contributed by atoms with Crippen LogP contribution in [0.1, 0.15) is 86.6 Å². The van der Waals surface area contributed by atoms with E-state index in [0.29, 0.717) is 31.6 Å². The number of nitrogen functional groups attached to an aromatic ring is 1. The molecule has 0 bridgehead atoms. The lowest BCUT2D eigenvalue weighted by Gasteiger charge is -2.41. The number of hydrogen-bond donors (Lipinski definition) is 3. The molecule has 1 heterocycles. The Hall–Kier alpha value is -3.22. The van der Waals surface area contributed by atoms with Crippen molar-refractivity contribution in [1.82, 2.24) is 25.3 Å². The standard InChI is InChI=1S/C40H70N6O6/c1-14-26(4)35(45(11)38(49)34(25(2)3)43-39(50)40(7,8)24-44(9)10)32(51-12)23-33(47)46-20-16-19-31(46)36(52-13)28(6)37(48)42-27(5)21-29-17-15-18-30(41)22-29/h15,17-18,22,25-28,31-32,34-36H,14,16,19-21,23-24,41H2,1-13H3,(H,42,48)(H,43,50)/t26-,27+,28+,31-,32+,34-,35-,36?/m0/s1. The van der Waals surface area contributed by atoms with Gasteiger partial charge in [-0.2, -0.15) is 0 Å². The number of benzene rings is 1. The van der Waals surface area contributed by atoms with Crippen LogP contribution in [0.15, 0.2) is 24.3 Å². The van der Waals surface area contributed by atoms with Crippen molar-refractivity contribution in [1.29, 1.82) is 0 Å². The van der Waals surface area contributed by atoms with Gasteiger partial charge in [-0.15, -0.1) is 0 Å². The van der Waals surface area contributed by atoms with Crippen molar-refractivity contribution >= 4 is 29.3 Å². The lowest BCUT2D eigenvalue weighted by atomic mass is 9.88. The van der Waals surface area contributed by atoms with E-state index in [4.69, 9.17) is 15.2 Å². The molecule has 296 valence electrons. The number of rotatable bonds is 20. The van der Waals surface area contributed by atoms with Crippen LogP contribution in [0, 0.1) is 23.2 Å². The maximum Gasteiger partial charge on any atom is 0.245 e. The SMILES string of the molecule is CC[C@H](C)[C@@H]([C@@H](CC(=O)N1CCC[C@H]1C(OC)[C@@H](C)C(=O)N[C@H](C)Cc1cccc(N)c1)OC)N(C)C(=O)[C@@H](NC(=O)C(C)(C)CN(C)C)C(C)C. The molecule has 0 aromatic heterocycles. The van der Waals surface area contributed by atoms with E-state index in [2.05, 4.69) is 24.5 Å². The van der Waals surface area contributed by atoms with Gasteiger partial charge in [-0.25, -0.2) is 0 Å². The summed E-state index contributed by atoms with van der Waals surface area (Å²) in [7, 11) is 8.75. The molecule has 0 spiro atoms. The molecule has 4 amide bonds. The summed E-state index contributed by atoms with van der Waals surface area (Å²) in [5.74, 6) is -1.31. The Kier molecular flexibility index (Phi) is 17.5. The lowest BCUT2D eigenvalue weighted by molar-refractivity contribution is -0.148. The largest absolute Gasteiger partial charge is 0.399 e. The molecule has 12 nitrogen and oxygen atoms in total. The Balaban J connectivity index is 2.23. The molecular formula is C40H70N6O6. The number of amides is 4. The number of likely N-dealkylation sites (N-methyl/N-ethyl adjacent to an activating group) is 1. The summed E-state index contributed by atoms with van der Waals surface area (Å²) in [5.41, 5.74) is 6.96. The van der Waals surface area contributed by atoms with Crippen molar-refractivity contribution in [3.05, 3.63) is 29.8 Å². The Labute approximate surface area is 313 Å². The predicted molar refractivity (Wildman–Crippen MR) is 207 cm³/mol. The fourth-order valence-corrected chi connectivity index (χ4v) is 7.74. The lowest BCUT2D eigenvalue weighted by Crippen LogP contribution is -2.59. The molecule has 52 heavy (non-hydrogen) atoms. The van der Waals surface area contributed by atoms with E-state index in [1.165, 1.54) is 0 Å². The zero-order chi connectivity index (χ0) is 39.5. The van der Waals surface area contributed by atoms with Crippen LogP contribution in [0.5, 0.6) is 0 Å². The van der Waals surface area contributed by atoms with Crippen LogP contribution in [0.3, 0.4) is 0 Å². The summed E-state index contributed by atoms with van der Waals surface area (Å²) in [6, 6.07) is 6.06. The highest BCUT2D eigenvalue weighted by atomic mass is 16.5. The van der Waals surface area contributed by atoms with E-state index in [-0.39, 0.29) is 54.0 Å². The van der Waals surface area contributed by atoms with Crippen LogP contribution in [-0.2, 0) is 35.1 Å². The van der Waals surface area contributed by atoms with Crippen LogP contribution in [0.4, 0.5) is 5.69 Å². The Morgan fingerprint density at radius 1 is 1.02 bits per heavy atom. The minimum atomic E-state index is -0.745. The van der Waals surface area contributed by atoms with Crippen molar-refractivity contribution in [3.63, 3.8) is 0 Å². The van der Waals surface area contributed by atoms with Gasteiger partial charge in [0.05, 0.1) is 42.0 Å². The fourth-order valence-electron chi connectivity index (χ4n) is 7.74. The minimum Gasteiger partial charge on any atom is -0.399 e. The van der Waals surface area contributed by atoms with Crippen molar-refractivity contribution < 1.29 is 28.7 Å². The zero-order valence-corrected chi connectivity index (χ0v) is 34.3. The van der Waals surface area contributed by atoms with Gasteiger partial charge in [0.15, 0.2) is 0 Å². The Morgan fingerprint density at radius 2 is 1.67 bits per heavy atom. The van der Waals surface area contributed by atoms with Crippen molar-refractivity contribution in [2.45, 2.75) is 124 Å². The van der Waals surface area contributed by atoms with Gasteiger partial charge in [-0.3, -0.25) is 19.2 Å². The number of carbonyl (C=O) groups excluding carboxylic acids is 4. The average molecular weight is 731 g/mol. The molecule has 0 saturated carbocycles. The summed E-state index contributed by atoms with van der Waals surface area (Å²) >= 11 is 0. The maximum absolute atomic E-state index is 14.2. The number of carbonyl (C=O) groups is 4. The molecule has 0 aliphatic carbocycles. The van der Waals surface area contributed by atoms with E-state index >= 15 is 0 Å². The van der Waals surface area contributed by atoms with Gasteiger partial charge < -0.3 is 40.5 Å². The van der Waals surface area contributed by atoms with E-state index in [1.54, 1.807) is 26.2 Å². The smallest absolute Gasteiger partial charge is 0.245 e. The van der Waals surface area contributed by atoms with E-state index in [1.807, 2.05) is 89.7 Å². The highest BCUT2D eigenvalue weighted by Gasteiger charge is 2.43. The number of methoxy groups -OCH3 is 2. The van der Waals surface area contributed by atoms with Crippen LogP contribution in [0.25, 0.3) is 0 Å². The second-order valence-corrected chi connectivity index (χ2v) is 16.3. The van der Waals surface area contributed by atoms with Gasteiger partial charge in [0, 0.05) is 46.1 Å². The average Bonchev–Trinajstić information content (AvgIpc) is 3.55. The molecule has 1 aromatic rings. The van der Waals surface area contributed by atoms with Crippen LogP contribution in [0.2, 0.25) is 0 Å². The third-order valence-corrected chi connectivity index (χ3v) is 10.7. The van der Waals surface area contributed by atoms with Gasteiger partial charge in [0.2, 0.25) is 23.6 Å². The fraction of sp³-hybridized carbons (Fsp3) is 0.750. The molecule has 8 atom stereocenters. The molecule has 1 unspecified atom stereocenters. The first-order valence-electron chi connectivity index (χ1n) is 19.0. The molecule has 4 N–H and O–H groups in total. The Morgan fingerprint density at radius 3 is 2.21 bits per heavy atom. The molecule has 12 heteroatoms. The second kappa shape index (κ2) is 20.3. The summed E-state index contributed by atoms with van der Waals surface area (Å²) in [6.45, 7) is 16.6. The number of hydrogen-bond acceptors (Lipinski definition) is 8. The first kappa shape index (κ1) is 44.9. The molecule has 1 fully saturated rings. The number of anilines is 1. The van der Waals surface area contributed by atoms with Crippen LogP contribution >= 0.6 is 0 Å². The number of nitrogens with zero attached hydrogens (tertiary/aromatic N) is 3. The normalized spacial score (nSPS) is 19.1. The maximum atomic E-state index is 14.2. The van der Waals surface area contributed by atoms with Crippen LogP contribution in [-0.4, -0.2) is 123 Å². The van der Waals surface area contributed by atoms with Gasteiger partial charge in [0.1, 0.15) is 6.04 Å². The summed E-state index contributed by atoms with van der Waals surface area (Å²) in [5, 5.41) is 6.17. The highest BCUT2D eigenvalue weighted by molar-refractivity contribution is 5.90. The predicted octanol–water partition coefficient (Wildman–Crippen LogP) is 3.96. The van der Waals surface area contributed by atoms with Crippen LogP contribution < -0.4 is 16.4 Å². The van der Waals surface area contributed by atoms with Gasteiger partial charge in [0.25, 0.3) is 0 Å². The number of likely N-dealkylation sites (tertiary alicyclic amines) is 1. The van der Waals surface area contributed by atoms with E-state index in [9.17, 15) is 19.2 Å². The molecule has 1 aliphatic rings. The number of nitrogens with one attached hydrogen (secondary N) is 2. The topological polar surface area (TPSA) is 147 Å². The number of nitrogens with two attached hydrogens (primary N) is 1. The van der Waals surface area contributed by atoms with E-state index < -0.39 is 35.6 Å². The van der Waals surface area contributed by atoms with Crippen molar-refractivity contribution in [3.8, 4) is 0 Å². The summed E-state index contributed by atoms with van der Waals surface area (Å²) < 4.78 is 12.0. The van der Waals surface area contributed by atoms with Crippen molar-refractivity contribution in [2.75, 3.05) is 54.2 Å². The third-order valence-electron chi connectivity index (χ3n) is 10.7. The quantitative estimate of drug-likeness (QED) is 0.171. The summed E-state index contributed by atoms with van der Waals surface area (Å²) in [6.07, 6.45) is 1.86. The molecule has 1 aliphatic heterocycles. The summed E-state index contributed by atoms with van der Waals surface area (Å²) in [4.78, 5) is 60.7. The van der Waals surface area contributed by atoms with Gasteiger partial charge in [-0.05, 0) is 83.7 Å². The minimum absolute atomic E-state index is 0.000436. The molecular weight excluding hydrogens is 660 g/mol. The monoisotopic (exact) mass is 731 g/mol. The molecule has 2 rings (SSSR count). The first-order chi connectivity index (χ1) is 24.3. The molecule has 1 aromatic carbocycles. The third kappa shape index (κ3) is 12.2.